The molecular formula is C25H21ClF3N3O2. The number of aliphatic hydroxyl groups excluding tert-OH is 1. The first kappa shape index (κ1) is 23.8. The van der Waals surface area contributed by atoms with Gasteiger partial charge in [-0.2, -0.15) is 13.2 Å². The van der Waals surface area contributed by atoms with Gasteiger partial charge in [0.15, 0.2) is 0 Å². The zero-order chi connectivity index (χ0) is 24.3. The highest BCUT2D eigenvalue weighted by atomic mass is 35.5. The Morgan fingerprint density at radius 3 is 2.53 bits per heavy atom. The fourth-order valence-corrected chi connectivity index (χ4v) is 4.11. The lowest BCUT2D eigenvalue weighted by Gasteiger charge is -2.27. The van der Waals surface area contributed by atoms with Crippen LogP contribution in [0.15, 0.2) is 66.9 Å². The largest absolute Gasteiger partial charge is 0.417 e. The number of amides is 2. The Bertz CT molecular complexity index is 1230. The van der Waals surface area contributed by atoms with E-state index in [4.69, 9.17) is 11.6 Å². The van der Waals surface area contributed by atoms with E-state index in [1.54, 1.807) is 47.5 Å². The van der Waals surface area contributed by atoms with Gasteiger partial charge in [0.2, 0.25) is 0 Å². The van der Waals surface area contributed by atoms with Crippen molar-refractivity contribution in [2.24, 2.45) is 0 Å². The maximum Gasteiger partial charge on any atom is 0.417 e. The number of alkyl halides is 3. The zero-order valence-electron chi connectivity index (χ0n) is 17.9. The van der Waals surface area contributed by atoms with Crippen LogP contribution in [0.25, 0.3) is 16.7 Å². The number of nitrogens with one attached hydrogen (secondary N) is 1. The van der Waals surface area contributed by atoms with Crippen LogP contribution in [0.4, 0.5) is 23.7 Å². The van der Waals surface area contributed by atoms with Crippen molar-refractivity contribution in [1.82, 2.24) is 9.88 Å². The van der Waals surface area contributed by atoms with E-state index in [0.717, 1.165) is 11.6 Å². The van der Waals surface area contributed by atoms with Crippen molar-refractivity contribution < 1.29 is 23.1 Å². The summed E-state index contributed by atoms with van der Waals surface area (Å²) in [5, 5.41) is 12.3. The number of halogens is 4. The number of anilines is 1. The Hall–Kier alpha value is -3.36. The van der Waals surface area contributed by atoms with Crippen molar-refractivity contribution >= 4 is 28.9 Å². The third kappa shape index (κ3) is 5.24. The van der Waals surface area contributed by atoms with E-state index in [9.17, 15) is 23.1 Å². The summed E-state index contributed by atoms with van der Waals surface area (Å²) in [6.07, 6.45) is -0.610. The van der Waals surface area contributed by atoms with Gasteiger partial charge < -0.3 is 15.3 Å². The molecule has 0 bridgehead atoms. The molecule has 9 heteroatoms. The molecule has 1 aliphatic heterocycles. The Morgan fingerprint density at radius 2 is 1.91 bits per heavy atom. The average Bonchev–Trinajstić information content (AvgIpc) is 2.84. The van der Waals surface area contributed by atoms with Crippen LogP contribution >= 0.6 is 11.6 Å². The van der Waals surface area contributed by atoms with Crippen LogP contribution < -0.4 is 5.32 Å². The second kappa shape index (κ2) is 9.87. The minimum Gasteiger partial charge on any atom is -0.392 e. The highest BCUT2D eigenvalue weighted by Crippen LogP contribution is 2.38. The lowest BCUT2D eigenvalue weighted by molar-refractivity contribution is -0.137. The fourth-order valence-electron chi connectivity index (χ4n) is 3.80. The van der Waals surface area contributed by atoms with Crippen LogP contribution in [-0.4, -0.2) is 34.1 Å². The predicted molar refractivity (Wildman–Crippen MR) is 125 cm³/mol. The minimum absolute atomic E-state index is 0.00114. The molecule has 2 amide bonds. The molecule has 0 radical (unpaired) electrons. The first-order valence-corrected chi connectivity index (χ1v) is 10.9. The van der Waals surface area contributed by atoms with Gasteiger partial charge in [0.1, 0.15) is 0 Å². The number of nitrogens with zero attached hydrogens (tertiary/aromatic N) is 2. The van der Waals surface area contributed by atoms with Gasteiger partial charge in [0, 0.05) is 25.0 Å². The zero-order valence-corrected chi connectivity index (χ0v) is 18.7. The van der Waals surface area contributed by atoms with Crippen LogP contribution in [-0.2, 0) is 12.8 Å². The quantitative estimate of drug-likeness (QED) is 0.458. The van der Waals surface area contributed by atoms with E-state index >= 15 is 0 Å². The first-order chi connectivity index (χ1) is 16.3. The second-order valence-electron chi connectivity index (χ2n) is 7.81. The van der Waals surface area contributed by atoms with Gasteiger partial charge in [0.25, 0.3) is 0 Å². The molecular weight excluding hydrogens is 467 g/mol. The predicted octanol–water partition coefficient (Wildman–Crippen LogP) is 6.23. The van der Waals surface area contributed by atoms with Crippen LogP contribution in [0.2, 0.25) is 5.02 Å². The number of urea groups is 1. The van der Waals surface area contributed by atoms with E-state index in [1.165, 1.54) is 12.1 Å². The Morgan fingerprint density at radius 1 is 1.15 bits per heavy atom. The van der Waals surface area contributed by atoms with Crippen molar-refractivity contribution in [2.75, 3.05) is 18.4 Å². The summed E-state index contributed by atoms with van der Waals surface area (Å²) in [4.78, 5) is 18.6. The molecule has 1 aromatic heterocycles. The van der Waals surface area contributed by atoms with Crippen molar-refractivity contribution in [2.45, 2.75) is 19.2 Å². The van der Waals surface area contributed by atoms with Crippen LogP contribution in [0.5, 0.6) is 0 Å². The third-order valence-electron chi connectivity index (χ3n) is 5.54. The molecule has 2 aromatic carbocycles. The monoisotopic (exact) mass is 487 g/mol. The fraction of sp³-hybridized carbons (Fsp3) is 0.200. The normalized spacial score (nSPS) is 14.0. The van der Waals surface area contributed by atoms with Crippen molar-refractivity contribution in [1.29, 1.82) is 0 Å². The number of hydrogen-bond donors (Lipinski definition) is 2. The highest BCUT2D eigenvalue weighted by molar-refractivity contribution is 6.32. The first-order valence-electron chi connectivity index (χ1n) is 10.5. The molecule has 0 aliphatic carbocycles. The number of pyridine rings is 1. The number of carbonyl (C=O) groups is 1. The Labute approximate surface area is 199 Å². The summed E-state index contributed by atoms with van der Waals surface area (Å²) < 4.78 is 40.6. The molecule has 34 heavy (non-hydrogen) atoms. The molecule has 0 fully saturated rings. The van der Waals surface area contributed by atoms with Crippen molar-refractivity contribution in [3.8, 4) is 11.1 Å². The highest BCUT2D eigenvalue weighted by Gasteiger charge is 2.34. The molecule has 0 spiro atoms. The Kier molecular flexibility index (Phi) is 6.90. The van der Waals surface area contributed by atoms with Gasteiger partial charge in [-0.05, 0) is 52.9 Å². The molecule has 176 valence electrons. The van der Waals surface area contributed by atoms with Gasteiger partial charge in [-0.1, -0.05) is 48.0 Å². The molecule has 4 rings (SSSR count). The van der Waals surface area contributed by atoms with Crippen LogP contribution in [0.1, 0.15) is 23.2 Å². The lowest BCUT2D eigenvalue weighted by atomic mass is 9.98. The number of aliphatic hydroxyl groups is 1. The van der Waals surface area contributed by atoms with Crippen molar-refractivity contribution in [3.63, 3.8) is 0 Å². The second-order valence-corrected chi connectivity index (χ2v) is 8.22. The van der Waals surface area contributed by atoms with Gasteiger partial charge in [-0.25, -0.2) is 4.79 Å². The summed E-state index contributed by atoms with van der Waals surface area (Å²) in [6, 6.07) is 13.1. The summed E-state index contributed by atoms with van der Waals surface area (Å²) in [5.74, 6) is 0. The number of carbonyl (C=O) groups excluding carboxylic acids is 1. The summed E-state index contributed by atoms with van der Waals surface area (Å²) in [7, 11) is 0. The molecule has 2 heterocycles. The molecule has 1 aliphatic rings. The number of aromatic nitrogens is 1. The van der Waals surface area contributed by atoms with Gasteiger partial charge in [0.05, 0.1) is 22.9 Å². The molecule has 0 atom stereocenters. The number of hydrogen-bond acceptors (Lipinski definition) is 3. The van der Waals surface area contributed by atoms with Crippen molar-refractivity contribution in [3.05, 3.63) is 88.7 Å². The average molecular weight is 488 g/mol. The van der Waals surface area contributed by atoms with E-state index in [-0.39, 0.29) is 17.9 Å². The summed E-state index contributed by atoms with van der Waals surface area (Å²) >= 11 is 6.27. The number of benzene rings is 2. The van der Waals surface area contributed by atoms with Crippen LogP contribution in [0, 0.1) is 0 Å². The topological polar surface area (TPSA) is 65.5 Å². The van der Waals surface area contributed by atoms with E-state index < -0.39 is 17.8 Å². The van der Waals surface area contributed by atoms with Gasteiger partial charge in [-0.15, -0.1) is 0 Å². The number of rotatable bonds is 4. The minimum atomic E-state index is -4.52. The molecule has 0 saturated carbocycles. The maximum absolute atomic E-state index is 13.5. The van der Waals surface area contributed by atoms with E-state index in [0.29, 0.717) is 41.4 Å². The van der Waals surface area contributed by atoms with Gasteiger partial charge in [-0.3, -0.25) is 4.98 Å². The van der Waals surface area contributed by atoms with E-state index in [2.05, 4.69) is 10.3 Å². The molecule has 5 nitrogen and oxygen atoms in total. The molecule has 0 unspecified atom stereocenters. The van der Waals surface area contributed by atoms with Gasteiger partial charge >= 0.3 is 12.2 Å². The standard InChI is InChI=1S/C25H21ClF3N3O2/c26-22-12-16(15-33)14-30-23(22)18-8-10-32(11-9-18)24(34)31-19-6-7-21(25(27,28)29)20(13-19)17-4-2-1-3-5-17/h1-8,12-14,33H,9-11,15H2,(H,31,34). The SMILES string of the molecule is O=C(Nc1ccc(C(F)(F)F)c(-c2ccccc2)c1)N1CC=C(c2ncc(CO)cc2Cl)CC1. The smallest absolute Gasteiger partial charge is 0.392 e. The molecule has 2 N–H and O–H groups in total. The summed E-state index contributed by atoms with van der Waals surface area (Å²) in [5.41, 5.74) is 2.02. The van der Waals surface area contributed by atoms with Crippen LogP contribution in [0.3, 0.4) is 0 Å². The molecule has 3 aromatic rings. The van der Waals surface area contributed by atoms with E-state index in [1.807, 2.05) is 6.08 Å². The summed E-state index contributed by atoms with van der Waals surface area (Å²) in [6.45, 7) is 0.534. The maximum atomic E-state index is 13.5. The Balaban J connectivity index is 1.50. The third-order valence-corrected chi connectivity index (χ3v) is 5.83. The lowest BCUT2D eigenvalue weighted by Crippen LogP contribution is -2.38. The molecule has 0 saturated heterocycles.